The fourth-order valence-corrected chi connectivity index (χ4v) is 0.711. The van der Waals surface area contributed by atoms with E-state index >= 15 is 0 Å². The molecule has 0 radical (unpaired) electrons. The van der Waals surface area contributed by atoms with Crippen molar-refractivity contribution in [3.63, 3.8) is 0 Å². The van der Waals surface area contributed by atoms with E-state index in [-0.39, 0.29) is 17.0 Å². The van der Waals surface area contributed by atoms with Crippen LogP contribution in [0, 0.1) is 0 Å². The topological polar surface area (TPSA) is 62.0 Å². The van der Waals surface area contributed by atoms with Crippen molar-refractivity contribution in [2.24, 2.45) is 0 Å². The van der Waals surface area contributed by atoms with E-state index in [1.165, 1.54) is 25.4 Å². The predicted molar refractivity (Wildman–Crippen MR) is 63.1 cm³/mol. The van der Waals surface area contributed by atoms with Crippen molar-refractivity contribution in [2.45, 2.75) is 13.8 Å². The van der Waals surface area contributed by atoms with Crippen LogP contribution in [0.25, 0.3) is 0 Å². The Morgan fingerprint density at radius 2 is 1.93 bits per heavy atom. The quantitative estimate of drug-likeness (QED) is 0.691. The molecular weight excluding hydrogens is 192 g/mol. The van der Waals surface area contributed by atoms with Crippen LogP contribution in [0.2, 0.25) is 0 Å². The summed E-state index contributed by atoms with van der Waals surface area (Å²) in [4.78, 5) is 24.2. The lowest BCUT2D eigenvalue weighted by Gasteiger charge is -1.96. The molecule has 4 nitrogen and oxygen atoms in total. The van der Waals surface area contributed by atoms with Crippen molar-refractivity contribution >= 4 is 5.91 Å². The summed E-state index contributed by atoms with van der Waals surface area (Å²) in [6.07, 6.45) is 1.44. The van der Waals surface area contributed by atoms with Crippen LogP contribution in [-0.4, -0.2) is 17.9 Å². The first-order chi connectivity index (χ1) is 7.24. The van der Waals surface area contributed by atoms with Crippen molar-refractivity contribution < 1.29 is 4.79 Å². The number of aromatic nitrogens is 1. The number of H-pyrrole nitrogens is 1. The zero-order valence-corrected chi connectivity index (χ0v) is 9.46. The summed E-state index contributed by atoms with van der Waals surface area (Å²) in [5, 5.41) is 2.40. The smallest absolute Gasteiger partial charge is 0.267 e. The first-order valence-electron chi connectivity index (χ1n) is 4.65. The van der Waals surface area contributed by atoms with Gasteiger partial charge in [-0.3, -0.25) is 9.59 Å². The van der Waals surface area contributed by atoms with Crippen molar-refractivity contribution in [3.05, 3.63) is 47.4 Å². The van der Waals surface area contributed by atoms with Gasteiger partial charge in [-0.05, 0) is 0 Å². The van der Waals surface area contributed by atoms with Crippen LogP contribution in [0.4, 0.5) is 0 Å². The zero-order valence-electron chi connectivity index (χ0n) is 9.46. The number of amides is 1. The Labute approximate surface area is 90.0 Å². The average molecular weight is 210 g/mol. The minimum absolute atomic E-state index is 0.178. The maximum atomic E-state index is 10.9. The van der Waals surface area contributed by atoms with Gasteiger partial charge in [0.25, 0.3) is 5.91 Å². The van der Waals surface area contributed by atoms with Crippen LogP contribution in [-0.2, 0) is 0 Å². The predicted octanol–water partition coefficient (Wildman–Crippen LogP) is 1.56. The molecule has 0 saturated carbocycles. The van der Waals surface area contributed by atoms with Crippen molar-refractivity contribution in [3.8, 4) is 0 Å². The minimum atomic E-state index is -0.289. The molecule has 0 aliphatic heterocycles. The normalized spacial score (nSPS) is 7.40. The van der Waals surface area contributed by atoms with Gasteiger partial charge in [-0.2, -0.15) is 0 Å². The second-order valence-electron chi connectivity index (χ2n) is 2.02. The fourth-order valence-electron chi connectivity index (χ4n) is 0.711. The number of pyridine rings is 1. The number of hydrogen-bond donors (Lipinski definition) is 2. The molecule has 1 heterocycles. The molecule has 1 aromatic rings. The standard InChI is InChI=1S/C7H8N2O2.C2H6.C2H4/c1-8-7(11)6-4-5(10)2-3-9-6;2*1-2/h2-4H,1H3,(H,8,11)(H,9,10);1-2H3;1-2H2. The summed E-state index contributed by atoms with van der Waals surface area (Å²) in [6.45, 7) is 10.0. The van der Waals surface area contributed by atoms with E-state index in [9.17, 15) is 9.59 Å². The first-order valence-corrected chi connectivity index (χ1v) is 4.65. The number of aromatic amines is 1. The van der Waals surface area contributed by atoms with Crippen LogP contribution < -0.4 is 10.7 Å². The highest BCUT2D eigenvalue weighted by molar-refractivity contribution is 5.91. The summed E-state index contributed by atoms with van der Waals surface area (Å²) < 4.78 is 0. The highest BCUT2D eigenvalue weighted by Gasteiger charge is 2.01. The van der Waals surface area contributed by atoms with Crippen LogP contribution >= 0.6 is 0 Å². The molecule has 15 heavy (non-hydrogen) atoms. The summed E-state index contributed by atoms with van der Waals surface area (Å²) in [5.74, 6) is -0.289. The summed E-state index contributed by atoms with van der Waals surface area (Å²) >= 11 is 0. The Bertz CT molecular complexity index is 331. The zero-order chi connectivity index (χ0) is 12.3. The third-order valence-electron chi connectivity index (χ3n) is 1.24. The number of carbonyl (C=O) groups excluding carboxylic acids is 1. The van der Waals surface area contributed by atoms with Crippen molar-refractivity contribution in [1.29, 1.82) is 0 Å². The van der Waals surface area contributed by atoms with E-state index in [4.69, 9.17) is 0 Å². The Morgan fingerprint density at radius 1 is 1.40 bits per heavy atom. The Balaban J connectivity index is 0. The lowest BCUT2D eigenvalue weighted by Crippen LogP contribution is -2.20. The molecule has 1 amide bonds. The molecule has 0 aromatic carbocycles. The highest BCUT2D eigenvalue weighted by atomic mass is 16.2. The van der Waals surface area contributed by atoms with Gasteiger partial charge in [0, 0.05) is 25.4 Å². The van der Waals surface area contributed by atoms with Gasteiger partial charge in [-0.15, -0.1) is 13.2 Å². The van der Waals surface area contributed by atoms with E-state index in [2.05, 4.69) is 23.5 Å². The van der Waals surface area contributed by atoms with Gasteiger partial charge in [0.15, 0.2) is 5.43 Å². The molecule has 1 aromatic heterocycles. The number of rotatable bonds is 1. The first kappa shape index (κ1) is 15.6. The molecule has 0 atom stereocenters. The number of hydrogen-bond acceptors (Lipinski definition) is 2. The van der Waals surface area contributed by atoms with Crippen LogP contribution in [0.3, 0.4) is 0 Å². The SMILES string of the molecule is C=C.CC.CNC(=O)c1cc(=O)cc[nH]1. The van der Waals surface area contributed by atoms with E-state index < -0.39 is 0 Å². The molecule has 0 saturated heterocycles. The van der Waals surface area contributed by atoms with Crippen molar-refractivity contribution in [2.75, 3.05) is 7.05 Å². The Morgan fingerprint density at radius 3 is 2.33 bits per heavy atom. The average Bonchev–Trinajstić information content (AvgIpc) is 2.33. The molecule has 0 aliphatic carbocycles. The molecule has 84 valence electrons. The highest BCUT2D eigenvalue weighted by Crippen LogP contribution is 1.86. The molecule has 0 aliphatic rings. The lowest BCUT2D eigenvalue weighted by atomic mass is 10.3. The lowest BCUT2D eigenvalue weighted by molar-refractivity contribution is 0.0958. The molecule has 0 fully saturated rings. The van der Waals surface area contributed by atoms with Gasteiger partial charge < -0.3 is 10.3 Å². The summed E-state index contributed by atoms with van der Waals surface area (Å²) in [6, 6.07) is 2.60. The van der Waals surface area contributed by atoms with E-state index in [0.717, 1.165) is 0 Å². The van der Waals surface area contributed by atoms with Gasteiger partial charge in [-0.25, -0.2) is 0 Å². The van der Waals surface area contributed by atoms with Crippen LogP contribution in [0.15, 0.2) is 36.3 Å². The number of carbonyl (C=O) groups is 1. The van der Waals surface area contributed by atoms with Crippen molar-refractivity contribution in [1.82, 2.24) is 10.3 Å². The molecule has 0 spiro atoms. The maximum absolute atomic E-state index is 10.9. The third-order valence-corrected chi connectivity index (χ3v) is 1.24. The third kappa shape index (κ3) is 6.26. The summed E-state index contributed by atoms with van der Waals surface area (Å²) in [7, 11) is 1.51. The molecule has 2 N–H and O–H groups in total. The van der Waals surface area contributed by atoms with Gasteiger partial charge in [0.1, 0.15) is 5.69 Å². The maximum Gasteiger partial charge on any atom is 0.267 e. The van der Waals surface area contributed by atoms with E-state index in [0.29, 0.717) is 0 Å². The number of nitrogens with one attached hydrogen (secondary N) is 2. The second kappa shape index (κ2) is 10.2. The van der Waals surface area contributed by atoms with Gasteiger partial charge in [-0.1, -0.05) is 13.8 Å². The molecule has 1 rings (SSSR count). The fraction of sp³-hybridized carbons (Fsp3) is 0.273. The Hall–Kier alpha value is -1.84. The molecule has 4 heteroatoms. The van der Waals surface area contributed by atoms with Gasteiger partial charge in [0.05, 0.1) is 0 Å². The monoisotopic (exact) mass is 210 g/mol. The second-order valence-corrected chi connectivity index (χ2v) is 2.02. The van der Waals surface area contributed by atoms with E-state index in [1.54, 1.807) is 0 Å². The van der Waals surface area contributed by atoms with E-state index in [1.807, 2.05) is 13.8 Å². The van der Waals surface area contributed by atoms with Gasteiger partial charge >= 0.3 is 0 Å². The van der Waals surface area contributed by atoms with Crippen LogP contribution in [0.1, 0.15) is 24.3 Å². The molecule has 0 unspecified atom stereocenters. The molecule has 0 bridgehead atoms. The van der Waals surface area contributed by atoms with Gasteiger partial charge in [0.2, 0.25) is 0 Å². The largest absolute Gasteiger partial charge is 0.357 e. The Kier molecular flexibility index (Phi) is 10.7. The minimum Gasteiger partial charge on any atom is -0.357 e. The molecular formula is C11H18N2O2. The summed E-state index contributed by atoms with van der Waals surface area (Å²) in [5.41, 5.74) is 0.0994. The van der Waals surface area contributed by atoms with Crippen LogP contribution in [0.5, 0.6) is 0 Å².